The summed E-state index contributed by atoms with van der Waals surface area (Å²) in [5.41, 5.74) is -0.227. The van der Waals surface area contributed by atoms with E-state index in [4.69, 9.17) is 0 Å². The number of hydrogen-bond acceptors (Lipinski definition) is 5. The number of carbonyl (C=O) groups is 1. The van der Waals surface area contributed by atoms with Crippen molar-refractivity contribution in [3.63, 3.8) is 0 Å². The van der Waals surface area contributed by atoms with Crippen LogP contribution in [0.25, 0.3) is 0 Å². The lowest BCUT2D eigenvalue weighted by molar-refractivity contribution is 0.0596. The molecule has 1 aliphatic heterocycles. The minimum atomic E-state index is -4.05. The Morgan fingerprint density at radius 1 is 1.50 bits per heavy atom. The first kappa shape index (κ1) is 14.9. The van der Waals surface area contributed by atoms with Gasteiger partial charge in [-0.3, -0.25) is 0 Å². The van der Waals surface area contributed by atoms with Gasteiger partial charge in [0.1, 0.15) is 5.82 Å². The van der Waals surface area contributed by atoms with Crippen molar-refractivity contribution in [1.29, 1.82) is 0 Å². The highest BCUT2D eigenvalue weighted by Gasteiger charge is 2.34. The van der Waals surface area contributed by atoms with Crippen molar-refractivity contribution in [2.24, 2.45) is 0 Å². The molecule has 0 saturated carbocycles. The number of rotatable bonds is 3. The standard InChI is InChI=1S/C12H14FNO5S/c1-19-12(16)10-3-2-8(13)6-11(10)20(17,18)14-5-4-9(15)7-14/h2-3,6,9,15H,4-5,7H2,1H3/t9-/m0/s1. The molecule has 0 radical (unpaired) electrons. The van der Waals surface area contributed by atoms with E-state index in [0.29, 0.717) is 6.42 Å². The van der Waals surface area contributed by atoms with Crippen LogP contribution in [-0.2, 0) is 14.8 Å². The van der Waals surface area contributed by atoms with E-state index in [1.54, 1.807) is 0 Å². The van der Waals surface area contributed by atoms with E-state index < -0.39 is 32.8 Å². The highest BCUT2D eigenvalue weighted by molar-refractivity contribution is 7.89. The van der Waals surface area contributed by atoms with Gasteiger partial charge >= 0.3 is 5.97 Å². The van der Waals surface area contributed by atoms with Gasteiger partial charge < -0.3 is 9.84 Å². The summed E-state index contributed by atoms with van der Waals surface area (Å²) in [5, 5.41) is 9.42. The van der Waals surface area contributed by atoms with Gasteiger partial charge in [0.05, 0.1) is 23.7 Å². The van der Waals surface area contributed by atoms with Crippen LogP contribution in [-0.4, -0.2) is 50.1 Å². The Balaban J connectivity index is 2.50. The fourth-order valence-electron chi connectivity index (χ4n) is 2.06. The fourth-order valence-corrected chi connectivity index (χ4v) is 3.74. The number of methoxy groups -OCH3 is 1. The first-order valence-electron chi connectivity index (χ1n) is 5.92. The maximum atomic E-state index is 13.3. The van der Waals surface area contributed by atoms with Crippen molar-refractivity contribution in [3.8, 4) is 0 Å². The molecule has 20 heavy (non-hydrogen) atoms. The average molecular weight is 303 g/mol. The summed E-state index contributed by atoms with van der Waals surface area (Å²) in [6, 6.07) is 2.84. The number of β-amino-alcohol motifs (C(OH)–C–C–N with tert-alkyl or cyclic N) is 1. The number of nitrogens with zero attached hydrogens (tertiary/aromatic N) is 1. The minimum Gasteiger partial charge on any atom is -0.465 e. The second kappa shape index (κ2) is 5.47. The van der Waals surface area contributed by atoms with Crippen molar-refractivity contribution in [3.05, 3.63) is 29.6 Å². The molecule has 0 unspecified atom stereocenters. The van der Waals surface area contributed by atoms with Crippen LogP contribution in [0.3, 0.4) is 0 Å². The molecule has 1 saturated heterocycles. The quantitative estimate of drug-likeness (QED) is 0.816. The number of ether oxygens (including phenoxy) is 1. The summed E-state index contributed by atoms with van der Waals surface area (Å²) in [7, 11) is -2.93. The summed E-state index contributed by atoms with van der Waals surface area (Å²) in [5.74, 6) is -1.63. The minimum absolute atomic E-state index is 0.0700. The molecule has 0 bridgehead atoms. The van der Waals surface area contributed by atoms with Gasteiger partial charge in [-0.25, -0.2) is 17.6 Å². The molecule has 0 spiro atoms. The topological polar surface area (TPSA) is 83.9 Å². The van der Waals surface area contributed by atoms with Crippen LogP contribution in [0.5, 0.6) is 0 Å². The van der Waals surface area contributed by atoms with E-state index >= 15 is 0 Å². The van der Waals surface area contributed by atoms with E-state index in [2.05, 4.69) is 4.74 Å². The van der Waals surface area contributed by atoms with Gasteiger partial charge in [0.15, 0.2) is 0 Å². The fraction of sp³-hybridized carbons (Fsp3) is 0.417. The third kappa shape index (κ3) is 2.67. The van der Waals surface area contributed by atoms with Gasteiger partial charge in [-0.1, -0.05) is 0 Å². The second-order valence-corrected chi connectivity index (χ2v) is 6.34. The summed E-state index contributed by atoms with van der Waals surface area (Å²) in [6.45, 7) is 0.0556. The number of halogens is 1. The van der Waals surface area contributed by atoms with E-state index in [-0.39, 0.29) is 18.7 Å². The van der Waals surface area contributed by atoms with Crippen molar-refractivity contribution in [1.82, 2.24) is 4.31 Å². The molecule has 1 aromatic carbocycles. The molecule has 1 fully saturated rings. The Hall–Kier alpha value is -1.51. The number of hydrogen-bond donors (Lipinski definition) is 1. The van der Waals surface area contributed by atoms with E-state index in [9.17, 15) is 22.7 Å². The highest BCUT2D eigenvalue weighted by Crippen LogP contribution is 2.25. The first-order chi connectivity index (χ1) is 9.36. The van der Waals surface area contributed by atoms with E-state index in [1.165, 1.54) is 0 Å². The molecule has 6 nitrogen and oxygen atoms in total. The number of aliphatic hydroxyl groups excluding tert-OH is 1. The van der Waals surface area contributed by atoms with Gasteiger partial charge in [-0.05, 0) is 24.6 Å². The Labute approximate surface area is 115 Å². The summed E-state index contributed by atoms with van der Waals surface area (Å²) in [6.07, 6.45) is -0.442. The Kier molecular flexibility index (Phi) is 4.07. The smallest absolute Gasteiger partial charge is 0.339 e. The van der Waals surface area contributed by atoms with Crippen molar-refractivity contribution in [2.75, 3.05) is 20.2 Å². The number of esters is 1. The lowest BCUT2D eigenvalue weighted by Crippen LogP contribution is -2.31. The van der Waals surface area contributed by atoms with Crippen LogP contribution in [0.4, 0.5) is 4.39 Å². The summed E-state index contributed by atoms with van der Waals surface area (Å²) < 4.78 is 43.7. The normalized spacial score (nSPS) is 20.1. The lowest BCUT2D eigenvalue weighted by Gasteiger charge is -2.17. The molecule has 1 atom stereocenters. The van der Waals surface area contributed by atoms with E-state index in [0.717, 1.165) is 29.6 Å². The molecule has 8 heteroatoms. The highest BCUT2D eigenvalue weighted by atomic mass is 32.2. The zero-order valence-corrected chi connectivity index (χ0v) is 11.6. The van der Waals surface area contributed by atoms with Crippen molar-refractivity contribution in [2.45, 2.75) is 17.4 Å². The Morgan fingerprint density at radius 2 is 2.20 bits per heavy atom. The van der Waals surface area contributed by atoms with Crippen LogP contribution in [0, 0.1) is 5.82 Å². The van der Waals surface area contributed by atoms with Gasteiger partial charge in [0, 0.05) is 13.1 Å². The molecule has 110 valence electrons. The molecule has 0 amide bonds. The molecule has 1 N–H and O–H groups in total. The maximum Gasteiger partial charge on any atom is 0.339 e. The molecular weight excluding hydrogens is 289 g/mol. The molecular formula is C12H14FNO5S. The predicted octanol–water partition coefficient (Wildman–Crippen LogP) is 0.368. The van der Waals surface area contributed by atoms with Crippen molar-refractivity contribution >= 4 is 16.0 Å². The zero-order valence-electron chi connectivity index (χ0n) is 10.7. The molecule has 0 aromatic heterocycles. The SMILES string of the molecule is COC(=O)c1ccc(F)cc1S(=O)(=O)N1CC[C@H](O)C1. The lowest BCUT2D eigenvalue weighted by atomic mass is 10.2. The maximum absolute atomic E-state index is 13.3. The molecule has 2 rings (SSSR count). The van der Waals surface area contributed by atoms with Gasteiger partial charge in [0.25, 0.3) is 0 Å². The number of benzene rings is 1. The predicted molar refractivity (Wildman–Crippen MR) is 67.1 cm³/mol. The summed E-state index contributed by atoms with van der Waals surface area (Å²) in [4.78, 5) is 11.1. The Morgan fingerprint density at radius 3 is 2.75 bits per heavy atom. The Bertz CT molecular complexity index is 631. The largest absolute Gasteiger partial charge is 0.465 e. The van der Waals surface area contributed by atoms with Gasteiger partial charge in [0.2, 0.25) is 10.0 Å². The molecule has 0 aliphatic carbocycles. The van der Waals surface area contributed by atoms with Gasteiger partial charge in [-0.2, -0.15) is 4.31 Å². The second-order valence-electron chi connectivity index (χ2n) is 4.44. The third-order valence-electron chi connectivity index (χ3n) is 3.09. The average Bonchev–Trinajstić information content (AvgIpc) is 2.85. The van der Waals surface area contributed by atoms with E-state index in [1.807, 2.05) is 0 Å². The zero-order chi connectivity index (χ0) is 14.9. The van der Waals surface area contributed by atoms with Crippen LogP contribution >= 0.6 is 0 Å². The van der Waals surface area contributed by atoms with Crippen molar-refractivity contribution < 1.29 is 27.4 Å². The molecule has 1 heterocycles. The van der Waals surface area contributed by atoms with Crippen LogP contribution in [0.2, 0.25) is 0 Å². The van der Waals surface area contributed by atoms with Gasteiger partial charge in [-0.15, -0.1) is 0 Å². The number of sulfonamides is 1. The van der Waals surface area contributed by atoms with Crippen LogP contribution in [0.1, 0.15) is 16.8 Å². The number of carbonyl (C=O) groups excluding carboxylic acids is 1. The molecule has 1 aliphatic rings. The molecule has 1 aromatic rings. The first-order valence-corrected chi connectivity index (χ1v) is 7.36. The van der Waals surface area contributed by atoms with Crippen LogP contribution in [0.15, 0.2) is 23.1 Å². The number of aliphatic hydroxyl groups is 1. The monoisotopic (exact) mass is 303 g/mol. The summed E-state index contributed by atoms with van der Waals surface area (Å²) >= 11 is 0. The van der Waals surface area contributed by atoms with Crippen LogP contribution < -0.4 is 0 Å². The third-order valence-corrected chi connectivity index (χ3v) is 5.00.